The van der Waals surface area contributed by atoms with Crippen LogP contribution in [0.5, 0.6) is 0 Å². The Balaban J connectivity index is 5.46. The van der Waals surface area contributed by atoms with Crippen LogP contribution in [0.3, 0.4) is 0 Å². The average Bonchev–Trinajstić information content (AvgIpc) is 0.911. The number of ether oxygens (including phenoxy) is 4. The summed E-state index contributed by atoms with van der Waals surface area (Å²) in [6.07, 6.45) is 90.3. The third kappa shape index (κ3) is 74.4. The second kappa shape index (κ2) is 75.4. The molecule has 3 N–H and O–H groups in total. The number of carbonyl (C=O) groups excluding carboxylic acids is 4. The van der Waals surface area contributed by atoms with Gasteiger partial charge in [0.25, 0.3) is 0 Å². The highest BCUT2D eigenvalue weighted by atomic mass is 31.2. The Bertz CT molecular complexity index is 2690. The second-order valence-corrected chi connectivity index (χ2v) is 28.1. The number of unbranched alkanes of at least 4 members (excludes halogenated alkanes) is 15. The van der Waals surface area contributed by atoms with E-state index in [4.69, 9.17) is 37.0 Å². The van der Waals surface area contributed by atoms with Crippen molar-refractivity contribution in [3.05, 3.63) is 182 Å². The number of carbonyl (C=O) groups is 4. The normalized spacial score (nSPS) is 14.9. The van der Waals surface area contributed by atoms with Crippen LogP contribution in [-0.4, -0.2) is 96.7 Å². The van der Waals surface area contributed by atoms with Gasteiger partial charge in [0.05, 0.1) is 26.4 Å². The molecular weight excluding hydrogens is 1350 g/mol. The van der Waals surface area contributed by atoms with Gasteiger partial charge in [0.1, 0.15) is 19.3 Å². The van der Waals surface area contributed by atoms with Gasteiger partial charge >= 0.3 is 39.5 Å². The number of aliphatic hydroxyl groups excluding tert-OH is 1. The molecule has 0 aromatic heterocycles. The first-order valence-corrected chi connectivity index (χ1v) is 42.0. The lowest BCUT2D eigenvalue weighted by Crippen LogP contribution is -2.30. The zero-order valence-electron chi connectivity index (χ0n) is 64.1. The maximum atomic E-state index is 13.1. The number of hydrogen-bond donors (Lipinski definition) is 3. The first kappa shape index (κ1) is 98.2. The number of phosphoric acid groups is 2. The van der Waals surface area contributed by atoms with E-state index in [9.17, 15) is 43.2 Å². The van der Waals surface area contributed by atoms with Crippen molar-refractivity contribution < 1.29 is 80.2 Å². The number of phosphoric ester groups is 2. The van der Waals surface area contributed by atoms with E-state index in [1.165, 1.54) is 0 Å². The molecule has 0 saturated heterocycles. The molecule has 0 spiro atoms. The molecule has 0 radical (unpaired) electrons. The zero-order chi connectivity index (χ0) is 76.0. The van der Waals surface area contributed by atoms with Gasteiger partial charge in [-0.25, -0.2) is 9.13 Å². The molecule has 0 heterocycles. The average molecular weight is 1490 g/mol. The van der Waals surface area contributed by atoms with Crippen LogP contribution in [0.4, 0.5) is 0 Å². The maximum Gasteiger partial charge on any atom is 0.472 e. The molecule has 5 unspecified atom stereocenters. The van der Waals surface area contributed by atoms with Crippen molar-refractivity contribution in [1.29, 1.82) is 0 Å². The van der Waals surface area contributed by atoms with Gasteiger partial charge in [-0.3, -0.25) is 37.3 Å². The Morgan fingerprint density at radius 2 is 0.500 bits per heavy atom. The van der Waals surface area contributed by atoms with Gasteiger partial charge < -0.3 is 33.8 Å². The molecule has 0 bridgehead atoms. The number of esters is 4. The minimum Gasteiger partial charge on any atom is -0.462 e. The molecule has 0 rings (SSSR count). The van der Waals surface area contributed by atoms with Crippen molar-refractivity contribution in [2.24, 2.45) is 0 Å². The Hall–Kier alpha value is -5.84. The summed E-state index contributed by atoms with van der Waals surface area (Å²) >= 11 is 0. The molecule has 0 amide bonds. The lowest BCUT2D eigenvalue weighted by atomic mass is 10.1. The summed E-state index contributed by atoms with van der Waals surface area (Å²) in [4.78, 5) is 73.0. The Kier molecular flexibility index (Phi) is 71.2. The highest BCUT2D eigenvalue weighted by Gasteiger charge is 2.30. The summed E-state index contributed by atoms with van der Waals surface area (Å²) in [6, 6.07) is 0. The Morgan fingerprint density at radius 3 is 0.798 bits per heavy atom. The van der Waals surface area contributed by atoms with Crippen LogP contribution in [0.25, 0.3) is 0 Å². The van der Waals surface area contributed by atoms with Gasteiger partial charge in [-0.15, -0.1) is 0 Å². The Labute approximate surface area is 628 Å². The van der Waals surface area contributed by atoms with Gasteiger partial charge in [0, 0.05) is 25.7 Å². The monoisotopic (exact) mass is 1490 g/mol. The van der Waals surface area contributed by atoms with Crippen molar-refractivity contribution in [2.45, 2.75) is 290 Å². The predicted octanol–water partition coefficient (Wildman–Crippen LogP) is 22.8. The molecule has 588 valence electrons. The molecule has 0 aliphatic rings. The van der Waals surface area contributed by atoms with Crippen molar-refractivity contribution in [3.63, 3.8) is 0 Å². The van der Waals surface area contributed by atoms with Crippen LogP contribution < -0.4 is 0 Å². The van der Waals surface area contributed by atoms with Crippen molar-refractivity contribution >= 4 is 39.5 Å². The maximum absolute atomic E-state index is 13.1. The third-order valence-corrected chi connectivity index (χ3v) is 17.2. The summed E-state index contributed by atoms with van der Waals surface area (Å²) in [5.74, 6) is -2.32. The highest BCUT2D eigenvalue weighted by molar-refractivity contribution is 7.47. The molecule has 0 aliphatic carbocycles. The molecule has 0 saturated carbocycles. The minimum atomic E-state index is -5.01. The van der Waals surface area contributed by atoms with Gasteiger partial charge in [-0.05, 0) is 173 Å². The van der Waals surface area contributed by atoms with Crippen LogP contribution in [0.1, 0.15) is 272 Å². The van der Waals surface area contributed by atoms with E-state index in [2.05, 4.69) is 210 Å². The lowest BCUT2D eigenvalue weighted by Gasteiger charge is -2.21. The van der Waals surface area contributed by atoms with Crippen LogP contribution in [0.15, 0.2) is 182 Å². The summed E-state index contributed by atoms with van der Waals surface area (Å²) in [7, 11) is -10.0. The fourth-order valence-corrected chi connectivity index (χ4v) is 11.1. The van der Waals surface area contributed by atoms with Gasteiger partial charge in [0.2, 0.25) is 0 Å². The summed E-state index contributed by atoms with van der Waals surface area (Å²) < 4.78 is 68.5. The van der Waals surface area contributed by atoms with E-state index in [1.807, 2.05) is 0 Å². The SMILES string of the molecule is CC/C=C\C/C=C\C/C=C\C/C=C\C/C=C\CCCCCC(=O)OCC(COP(=O)(O)OCC(O)COP(=O)(O)OCC(COC(=O)CCCCCC/C=C\C/C=C\C/C=C\C/C=C\CC)OC(=O)CCCCCCC/C=C\C/C=C\CCC)OC(=O)CCCC/C=C\C/C=C\C/C=C\C/C=C\CC. The van der Waals surface area contributed by atoms with E-state index in [1.54, 1.807) is 0 Å². The number of rotatable bonds is 71. The molecule has 17 nitrogen and oxygen atoms in total. The predicted molar refractivity (Wildman–Crippen MR) is 426 cm³/mol. The van der Waals surface area contributed by atoms with Crippen molar-refractivity contribution in [3.8, 4) is 0 Å². The quantitative estimate of drug-likeness (QED) is 0.0169. The standard InChI is InChI=1S/C85H136O17P2/c1-5-9-13-17-21-25-29-33-36-38-39-41-44-47-50-54-58-62-66-70-83(88)96-76-81(102-85(90)72-68-64-60-56-52-48-42-35-31-27-23-19-15-11-7-3)78-100-104(93,94)98-74-79(86)73-97-103(91,92)99-77-80(101-84(89)71-67-63-59-55-51-45-32-28-24-20-16-12-8-4)75-95-82(87)69-65-61-57-53-49-46-43-40-37-34-30-26-22-18-14-10-6-2/h9-11,13-16,20-23,25-28,32-37,39,41-43,46-47,50,52,56,79-81,86H,5-8,12,17-19,24,29-31,38,40,44-45,48-49,51,53-55,57-78H2,1-4H3,(H,91,92)(H,93,94)/b13-9-,14-10-,15-11-,20-16-,25-21-,26-22-,27-23-,32-28-,36-33-,37-34-,41-39-,42-35-,46-43-,50-47-,56-52-. The van der Waals surface area contributed by atoms with Crippen molar-refractivity contribution in [1.82, 2.24) is 0 Å². The first-order valence-electron chi connectivity index (χ1n) is 39.0. The van der Waals surface area contributed by atoms with E-state index >= 15 is 0 Å². The topological polar surface area (TPSA) is 237 Å². The third-order valence-electron chi connectivity index (χ3n) is 15.3. The van der Waals surface area contributed by atoms with E-state index in [0.717, 1.165) is 186 Å². The fraction of sp³-hybridized carbons (Fsp3) is 0.600. The van der Waals surface area contributed by atoms with E-state index in [-0.39, 0.29) is 25.7 Å². The number of hydrogen-bond acceptors (Lipinski definition) is 15. The molecule has 5 atom stereocenters. The molecule has 0 aliphatic heterocycles. The lowest BCUT2D eigenvalue weighted by molar-refractivity contribution is -0.161. The highest BCUT2D eigenvalue weighted by Crippen LogP contribution is 2.45. The van der Waals surface area contributed by atoms with Crippen LogP contribution in [-0.2, 0) is 65.4 Å². The summed E-state index contributed by atoms with van der Waals surface area (Å²) in [5, 5.41) is 10.6. The molecule has 104 heavy (non-hydrogen) atoms. The van der Waals surface area contributed by atoms with Gasteiger partial charge in [-0.2, -0.15) is 0 Å². The largest absolute Gasteiger partial charge is 0.472 e. The first-order chi connectivity index (χ1) is 50.7. The second-order valence-electron chi connectivity index (χ2n) is 25.1. The van der Waals surface area contributed by atoms with E-state index in [0.29, 0.717) is 32.1 Å². The van der Waals surface area contributed by atoms with Crippen LogP contribution >= 0.6 is 15.6 Å². The minimum absolute atomic E-state index is 0.0270. The van der Waals surface area contributed by atoms with E-state index < -0.39 is 97.5 Å². The van der Waals surface area contributed by atoms with Crippen LogP contribution in [0.2, 0.25) is 0 Å². The van der Waals surface area contributed by atoms with Crippen LogP contribution in [0, 0.1) is 0 Å². The number of allylic oxidation sites excluding steroid dienone is 30. The Morgan fingerprint density at radius 1 is 0.279 bits per heavy atom. The molecular formula is C85H136O17P2. The van der Waals surface area contributed by atoms with Crippen molar-refractivity contribution in [2.75, 3.05) is 39.6 Å². The molecule has 0 fully saturated rings. The zero-order valence-corrected chi connectivity index (χ0v) is 65.9. The molecule has 19 heteroatoms. The number of aliphatic hydroxyl groups is 1. The fourth-order valence-electron chi connectivity index (χ4n) is 9.50. The van der Waals surface area contributed by atoms with Gasteiger partial charge in [-0.1, -0.05) is 255 Å². The molecule has 0 aromatic carbocycles. The van der Waals surface area contributed by atoms with Gasteiger partial charge in [0.15, 0.2) is 12.2 Å². The smallest absolute Gasteiger partial charge is 0.462 e. The molecule has 0 aromatic rings. The summed E-state index contributed by atoms with van der Waals surface area (Å²) in [6.45, 7) is 4.30. The summed E-state index contributed by atoms with van der Waals surface area (Å²) in [5.41, 5.74) is 0.